The number of anilines is 8. The van der Waals surface area contributed by atoms with Crippen molar-refractivity contribution in [1.82, 2.24) is 0 Å². The number of nitrogens with zero attached hydrogens (tertiary/aromatic N) is 4. The van der Waals surface area contributed by atoms with Crippen molar-refractivity contribution in [3.8, 4) is 11.1 Å². The third-order valence-electron chi connectivity index (χ3n) is 14.8. The van der Waals surface area contributed by atoms with Crippen molar-refractivity contribution in [2.24, 2.45) is 0 Å². The average Bonchev–Trinajstić information content (AvgIpc) is 3.88. The van der Waals surface area contributed by atoms with Crippen LogP contribution < -0.4 is 19.6 Å². The molecule has 358 valence electrons. The van der Waals surface area contributed by atoms with Crippen LogP contribution in [0, 0.1) is 0 Å². The predicted octanol–water partition coefficient (Wildman–Crippen LogP) is 16.5. The summed E-state index contributed by atoms with van der Waals surface area (Å²) >= 11 is 0. The largest absolute Gasteiger partial charge is 0.309 e. The standard InChI is InChI=1S/C68H42N4O4/c73-65-59-37-27-43(41-61(59)67(75)71(65)53-33-29-51(30-34-53)69(49-19-3-1-4-20-49)63-55-23-11-7-15-45(55)39-46-16-8-12-24-56(46)63)44-28-38-60-62(42-44)68(76)72(66(60)74)54-35-31-52(32-36-54)70(50-21-5-2-6-22-50)64-57-25-13-9-17-47(57)40-48-18-10-14-26-58(48)64/h1-42H. The number of rotatable bonds is 9. The number of carbonyl (C=O) groups is 4. The summed E-state index contributed by atoms with van der Waals surface area (Å²) in [5.74, 6) is -1.74. The molecule has 0 bridgehead atoms. The van der Waals surface area contributed by atoms with Crippen LogP contribution in [0.15, 0.2) is 255 Å². The van der Waals surface area contributed by atoms with E-state index in [2.05, 4.69) is 119 Å². The molecule has 8 nitrogen and oxygen atoms in total. The highest BCUT2D eigenvalue weighted by molar-refractivity contribution is 6.36. The molecule has 0 atom stereocenters. The number of benzene rings is 12. The Hall–Kier alpha value is -10.4. The molecule has 12 aromatic rings. The fraction of sp³-hybridized carbons (Fsp3) is 0. The van der Waals surface area contributed by atoms with E-state index in [1.54, 1.807) is 36.4 Å². The minimum absolute atomic E-state index is 0.255. The number of para-hydroxylation sites is 2. The van der Waals surface area contributed by atoms with Gasteiger partial charge in [0.25, 0.3) is 23.6 Å². The molecule has 0 saturated carbocycles. The van der Waals surface area contributed by atoms with Crippen molar-refractivity contribution < 1.29 is 19.2 Å². The molecule has 12 aromatic carbocycles. The van der Waals surface area contributed by atoms with Crippen LogP contribution in [0.3, 0.4) is 0 Å². The first-order valence-electron chi connectivity index (χ1n) is 25.2. The number of imide groups is 2. The summed E-state index contributed by atoms with van der Waals surface area (Å²) in [6.45, 7) is 0. The van der Waals surface area contributed by atoms with Crippen LogP contribution in [0.25, 0.3) is 54.2 Å². The fourth-order valence-electron chi connectivity index (χ4n) is 11.2. The second-order valence-electron chi connectivity index (χ2n) is 19.1. The van der Waals surface area contributed by atoms with E-state index in [-0.39, 0.29) is 22.3 Å². The smallest absolute Gasteiger partial charge is 0.266 e. The molecule has 0 radical (unpaired) electrons. The zero-order chi connectivity index (χ0) is 51.0. The van der Waals surface area contributed by atoms with Gasteiger partial charge in [-0.2, -0.15) is 0 Å². The van der Waals surface area contributed by atoms with Gasteiger partial charge in [-0.05, 0) is 142 Å². The first-order chi connectivity index (χ1) is 37.4. The van der Waals surface area contributed by atoms with Crippen molar-refractivity contribution >= 4 is 112 Å². The normalized spacial score (nSPS) is 13.1. The molecule has 2 aliphatic heterocycles. The Morgan fingerprint density at radius 3 is 0.882 bits per heavy atom. The van der Waals surface area contributed by atoms with Gasteiger partial charge in [0.2, 0.25) is 0 Å². The second-order valence-corrected chi connectivity index (χ2v) is 19.1. The molecule has 0 N–H and O–H groups in total. The van der Waals surface area contributed by atoms with Crippen molar-refractivity contribution in [2.45, 2.75) is 0 Å². The van der Waals surface area contributed by atoms with Crippen molar-refractivity contribution in [3.05, 3.63) is 277 Å². The highest BCUT2D eigenvalue weighted by Crippen LogP contribution is 2.47. The Bertz CT molecular complexity index is 3990. The number of fused-ring (bicyclic) bond motifs is 6. The van der Waals surface area contributed by atoms with Crippen molar-refractivity contribution in [3.63, 3.8) is 0 Å². The zero-order valence-corrected chi connectivity index (χ0v) is 40.7. The number of hydrogen-bond donors (Lipinski definition) is 0. The third kappa shape index (κ3) is 7.07. The highest BCUT2D eigenvalue weighted by Gasteiger charge is 2.39. The quantitative estimate of drug-likeness (QED) is 0.106. The Balaban J connectivity index is 0.753. The molecular formula is C68H42N4O4. The first kappa shape index (κ1) is 44.3. The monoisotopic (exact) mass is 978 g/mol. The van der Waals surface area contributed by atoms with Gasteiger partial charge >= 0.3 is 0 Å². The Kier molecular flexibility index (Phi) is 10.3. The van der Waals surface area contributed by atoms with Crippen LogP contribution in [0.1, 0.15) is 41.4 Å². The van der Waals surface area contributed by atoms with E-state index in [4.69, 9.17) is 0 Å². The molecule has 0 spiro atoms. The summed E-state index contributed by atoms with van der Waals surface area (Å²) in [6.07, 6.45) is 0. The molecule has 0 aliphatic carbocycles. The Labute approximate surface area is 437 Å². The van der Waals surface area contributed by atoms with E-state index >= 15 is 0 Å². The molecule has 0 unspecified atom stereocenters. The lowest BCUT2D eigenvalue weighted by molar-refractivity contribution is 0.0910. The Morgan fingerprint density at radius 2 is 0.539 bits per heavy atom. The van der Waals surface area contributed by atoms with Crippen LogP contribution in [0.5, 0.6) is 0 Å². The van der Waals surface area contributed by atoms with E-state index in [1.807, 2.05) is 109 Å². The minimum atomic E-state index is -0.448. The van der Waals surface area contributed by atoms with Gasteiger partial charge < -0.3 is 9.80 Å². The lowest BCUT2D eigenvalue weighted by Gasteiger charge is -2.29. The van der Waals surface area contributed by atoms with Gasteiger partial charge in [0.15, 0.2) is 0 Å². The molecule has 0 aromatic heterocycles. The van der Waals surface area contributed by atoms with Gasteiger partial charge in [-0.25, -0.2) is 9.80 Å². The molecule has 4 amide bonds. The summed E-state index contributed by atoms with van der Waals surface area (Å²) in [6, 6.07) is 83.5. The van der Waals surface area contributed by atoms with Crippen LogP contribution >= 0.6 is 0 Å². The molecule has 8 heteroatoms. The lowest BCUT2D eigenvalue weighted by Crippen LogP contribution is -2.29. The van der Waals surface area contributed by atoms with Gasteiger partial charge in [0.1, 0.15) is 0 Å². The molecule has 2 heterocycles. The fourth-order valence-corrected chi connectivity index (χ4v) is 11.2. The average molecular weight is 979 g/mol. The van der Waals surface area contributed by atoms with E-state index < -0.39 is 23.6 Å². The van der Waals surface area contributed by atoms with Crippen LogP contribution in [-0.4, -0.2) is 23.6 Å². The third-order valence-corrected chi connectivity index (χ3v) is 14.8. The summed E-state index contributed by atoms with van der Waals surface area (Å²) in [4.78, 5) is 63.8. The van der Waals surface area contributed by atoms with Crippen LogP contribution in [0.2, 0.25) is 0 Å². The molecule has 76 heavy (non-hydrogen) atoms. The molecular weight excluding hydrogens is 937 g/mol. The topological polar surface area (TPSA) is 81.2 Å². The maximum Gasteiger partial charge on any atom is 0.266 e. The number of amides is 4. The second kappa shape index (κ2) is 17.7. The van der Waals surface area contributed by atoms with Crippen LogP contribution in [-0.2, 0) is 0 Å². The van der Waals surface area contributed by atoms with Crippen molar-refractivity contribution in [1.29, 1.82) is 0 Å². The zero-order valence-electron chi connectivity index (χ0n) is 40.7. The van der Waals surface area contributed by atoms with Crippen molar-refractivity contribution in [2.75, 3.05) is 19.6 Å². The van der Waals surface area contributed by atoms with Gasteiger partial charge in [-0.3, -0.25) is 19.2 Å². The maximum atomic E-state index is 14.4. The highest BCUT2D eigenvalue weighted by atomic mass is 16.2. The van der Waals surface area contributed by atoms with Crippen LogP contribution in [0.4, 0.5) is 45.5 Å². The summed E-state index contributed by atoms with van der Waals surface area (Å²) in [5, 5.41) is 8.80. The molecule has 2 aliphatic rings. The summed E-state index contributed by atoms with van der Waals surface area (Å²) < 4.78 is 0. The van der Waals surface area contributed by atoms with E-state index in [1.165, 1.54) is 9.80 Å². The summed E-state index contributed by atoms with van der Waals surface area (Å²) in [7, 11) is 0. The number of carbonyl (C=O) groups excluding carboxylic acids is 4. The minimum Gasteiger partial charge on any atom is -0.309 e. The van der Waals surface area contributed by atoms with E-state index in [9.17, 15) is 19.2 Å². The SMILES string of the molecule is O=C1c2ccc(-c3ccc4c(c3)C(=O)N(c3ccc(N(c5ccccc5)c5c6ccccc6cc6ccccc56)cc3)C4=O)cc2C(=O)N1c1ccc(N(c2ccccc2)c2c3ccccc3cc3ccccc23)cc1. The molecule has 14 rings (SSSR count). The first-order valence-corrected chi connectivity index (χ1v) is 25.2. The van der Waals surface area contributed by atoms with E-state index in [0.29, 0.717) is 22.5 Å². The predicted molar refractivity (Wildman–Crippen MR) is 306 cm³/mol. The lowest BCUT2D eigenvalue weighted by atomic mass is 9.97. The molecule has 0 saturated heterocycles. The van der Waals surface area contributed by atoms with Gasteiger partial charge in [-0.1, -0.05) is 146 Å². The molecule has 0 fully saturated rings. The van der Waals surface area contributed by atoms with Gasteiger partial charge in [-0.15, -0.1) is 0 Å². The number of hydrogen-bond acceptors (Lipinski definition) is 6. The van der Waals surface area contributed by atoms with Gasteiger partial charge in [0.05, 0.1) is 45.0 Å². The maximum absolute atomic E-state index is 14.4. The van der Waals surface area contributed by atoms with E-state index in [0.717, 1.165) is 77.2 Å². The summed E-state index contributed by atoms with van der Waals surface area (Å²) in [5.41, 5.74) is 8.91. The van der Waals surface area contributed by atoms with Gasteiger partial charge in [0, 0.05) is 44.3 Å². The Morgan fingerprint density at radius 1 is 0.250 bits per heavy atom.